The van der Waals surface area contributed by atoms with Crippen molar-refractivity contribution >= 4 is 5.69 Å². The summed E-state index contributed by atoms with van der Waals surface area (Å²) in [7, 11) is 3.27. The van der Waals surface area contributed by atoms with Crippen molar-refractivity contribution in [2.24, 2.45) is 0 Å². The van der Waals surface area contributed by atoms with Gasteiger partial charge in [-0.1, -0.05) is 24.3 Å². The summed E-state index contributed by atoms with van der Waals surface area (Å²) in [6.07, 6.45) is -4.11. The summed E-state index contributed by atoms with van der Waals surface area (Å²) in [5.41, 5.74) is 1.14. The number of alkyl halides is 3. The lowest BCUT2D eigenvalue weighted by molar-refractivity contribution is -0.137. The highest BCUT2D eigenvalue weighted by Crippen LogP contribution is 2.33. The molecule has 0 radical (unpaired) electrons. The number of rotatable bonds is 9. The van der Waals surface area contributed by atoms with Crippen molar-refractivity contribution in [2.45, 2.75) is 18.7 Å². The van der Waals surface area contributed by atoms with Crippen LogP contribution in [0.15, 0.2) is 72.8 Å². The van der Waals surface area contributed by atoms with Gasteiger partial charge in [0.05, 0.1) is 25.5 Å². The van der Waals surface area contributed by atoms with E-state index in [1.165, 1.54) is 12.1 Å². The maximum Gasteiger partial charge on any atom is 0.416 e. The van der Waals surface area contributed by atoms with Gasteiger partial charge in [0.2, 0.25) is 0 Å². The number of hydrogen-bond donors (Lipinski definition) is 0. The zero-order chi connectivity index (χ0) is 25.5. The first-order valence-electron chi connectivity index (χ1n) is 12.0. The minimum absolute atomic E-state index is 0.382. The molecule has 4 rings (SSSR count). The van der Waals surface area contributed by atoms with Crippen molar-refractivity contribution in [1.82, 2.24) is 4.90 Å². The van der Waals surface area contributed by atoms with Crippen LogP contribution in [0.3, 0.4) is 0 Å². The van der Waals surface area contributed by atoms with Crippen molar-refractivity contribution in [3.05, 3.63) is 83.9 Å². The third-order valence-electron chi connectivity index (χ3n) is 6.45. The third-order valence-corrected chi connectivity index (χ3v) is 6.45. The standard InChI is InChI=1S/C28H31F3N2O3/c1-34-23-11-13-24(14-12-23)36-26(21-7-9-22(10-8-21)28(29,30)31)15-16-32-17-19-33(20-18-32)25-5-3-4-6-27(25)35-2/h3-14,26H,15-20H2,1-2H3. The molecule has 1 aliphatic heterocycles. The summed E-state index contributed by atoms with van der Waals surface area (Å²) in [5.74, 6) is 2.21. The first-order chi connectivity index (χ1) is 17.4. The Morgan fingerprint density at radius 2 is 1.42 bits per heavy atom. The molecule has 0 aromatic heterocycles. The van der Waals surface area contributed by atoms with Gasteiger partial charge in [-0.3, -0.25) is 4.90 Å². The first-order valence-corrected chi connectivity index (χ1v) is 12.0. The summed E-state index contributed by atoms with van der Waals surface area (Å²) in [5, 5.41) is 0. The molecular formula is C28H31F3N2O3. The Kier molecular flexibility index (Phi) is 8.25. The molecule has 1 atom stereocenters. The highest BCUT2D eigenvalue weighted by Gasteiger charge is 2.30. The van der Waals surface area contributed by atoms with Crippen LogP contribution in [-0.4, -0.2) is 51.8 Å². The average molecular weight is 501 g/mol. The normalized spacial score (nSPS) is 15.4. The van der Waals surface area contributed by atoms with Gasteiger partial charge in [0.1, 0.15) is 23.4 Å². The fourth-order valence-corrected chi connectivity index (χ4v) is 4.40. The molecule has 0 bridgehead atoms. The van der Waals surface area contributed by atoms with Crippen LogP contribution in [0.2, 0.25) is 0 Å². The molecule has 1 saturated heterocycles. The molecule has 3 aromatic rings. The number of para-hydroxylation sites is 2. The van der Waals surface area contributed by atoms with Gasteiger partial charge in [0.25, 0.3) is 0 Å². The zero-order valence-corrected chi connectivity index (χ0v) is 20.5. The predicted molar refractivity (Wildman–Crippen MR) is 134 cm³/mol. The minimum atomic E-state index is -4.37. The largest absolute Gasteiger partial charge is 0.497 e. The molecule has 1 aliphatic rings. The van der Waals surface area contributed by atoms with Gasteiger partial charge >= 0.3 is 6.18 Å². The quantitative estimate of drug-likeness (QED) is 0.357. The van der Waals surface area contributed by atoms with Crippen LogP contribution >= 0.6 is 0 Å². The Balaban J connectivity index is 1.42. The van der Waals surface area contributed by atoms with Gasteiger partial charge in [0.15, 0.2) is 0 Å². The van der Waals surface area contributed by atoms with Crippen LogP contribution in [0, 0.1) is 0 Å². The van der Waals surface area contributed by atoms with Gasteiger partial charge in [-0.2, -0.15) is 13.2 Å². The maximum atomic E-state index is 13.1. The molecule has 0 aliphatic carbocycles. The van der Waals surface area contributed by atoms with E-state index in [2.05, 4.69) is 15.9 Å². The van der Waals surface area contributed by atoms with Crippen LogP contribution in [-0.2, 0) is 6.18 Å². The number of halogens is 3. The lowest BCUT2D eigenvalue weighted by Gasteiger charge is -2.37. The fourth-order valence-electron chi connectivity index (χ4n) is 4.40. The van der Waals surface area contributed by atoms with Gasteiger partial charge in [-0.25, -0.2) is 0 Å². The molecule has 36 heavy (non-hydrogen) atoms. The second-order valence-corrected chi connectivity index (χ2v) is 8.69. The summed E-state index contributed by atoms with van der Waals surface area (Å²) in [6.45, 7) is 4.25. The summed E-state index contributed by atoms with van der Waals surface area (Å²) in [6, 6.07) is 20.5. The van der Waals surface area contributed by atoms with E-state index in [9.17, 15) is 13.2 Å². The van der Waals surface area contributed by atoms with Crippen molar-refractivity contribution in [2.75, 3.05) is 51.8 Å². The molecule has 5 nitrogen and oxygen atoms in total. The molecule has 1 heterocycles. The molecular weight excluding hydrogens is 469 g/mol. The van der Waals surface area contributed by atoms with Crippen molar-refractivity contribution < 1.29 is 27.4 Å². The van der Waals surface area contributed by atoms with E-state index in [4.69, 9.17) is 14.2 Å². The molecule has 0 spiro atoms. The Labute approximate surface area is 210 Å². The van der Waals surface area contributed by atoms with Gasteiger partial charge in [-0.15, -0.1) is 0 Å². The highest BCUT2D eigenvalue weighted by atomic mass is 19.4. The van der Waals surface area contributed by atoms with Crippen molar-refractivity contribution in [3.63, 3.8) is 0 Å². The van der Waals surface area contributed by atoms with Crippen LogP contribution in [0.1, 0.15) is 23.7 Å². The topological polar surface area (TPSA) is 34.2 Å². The molecule has 192 valence electrons. The van der Waals surface area contributed by atoms with E-state index in [1.54, 1.807) is 26.4 Å². The zero-order valence-electron chi connectivity index (χ0n) is 20.5. The second-order valence-electron chi connectivity index (χ2n) is 8.69. The molecule has 3 aromatic carbocycles. The van der Waals surface area contributed by atoms with Crippen LogP contribution in [0.5, 0.6) is 17.2 Å². The Morgan fingerprint density at radius 3 is 2.03 bits per heavy atom. The second kappa shape index (κ2) is 11.6. The van der Waals surface area contributed by atoms with E-state index < -0.39 is 11.7 Å². The maximum absolute atomic E-state index is 13.1. The lowest BCUT2D eigenvalue weighted by Crippen LogP contribution is -2.47. The molecule has 0 saturated carbocycles. The first kappa shape index (κ1) is 25.7. The fraction of sp³-hybridized carbons (Fsp3) is 0.357. The summed E-state index contributed by atoms with van der Waals surface area (Å²) >= 11 is 0. The average Bonchev–Trinajstić information content (AvgIpc) is 2.91. The van der Waals surface area contributed by atoms with E-state index in [0.717, 1.165) is 56.3 Å². The summed E-state index contributed by atoms with van der Waals surface area (Å²) < 4.78 is 56.2. The van der Waals surface area contributed by atoms with Gasteiger partial charge < -0.3 is 19.1 Å². The van der Waals surface area contributed by atoms with E-state index in [0.29, 0.717) is 23.5 Å². The monoisotopic (exact) mass is 500 g/mol. The van der Waals surface area contributed by atoms with Crippen molar-refractivity contribution in [3.8, 4) is 17.2 Å². The molecule has 8 heteroatoms. The van der Waals surface area contributed by atoms with Crippen LogP contribution < -0.4 is 19.1 Å². The number of anilines is 1. The van der Waals surface area contributed by atoms with Gasteiger partial charge in [0, 0.05) is 39.1 Å². The van der Waals surface area contributed by atoms with Crippen LogP contribution in [0.4, 0.5) is 18.9 Å². The van der Waals surface area contributed by atoms with Crippen LogP contribution in [0.25, 0.3) is 0 Å². The lowest BCUT2D eigenvalue weighted by atomic mass is 10.0. The number of benzene rings is 3. The van der Waals surface area contributed by atoms with E-state index in [1.807, 2.05) is 30.3 Å². The predicted octanol–water partition coefficient (Wildman–Crippen LogP) is 6.06. The number of hydrogen-bond acceptors (Lipinski definition) is 5. The SMILES string of the molecule is COc1ccc(OC(CCN2CCN(c3ccccc3OC)CC2)c2ccc(C(F)(F)F)cc2)cc1. The molecule has 1 fully saturated rings. The number of piperazine rings is 1. The Hall–Kier alpha value is -3.39. The Bertz CT molecular complexity index is 1100. The highest BCUT2D eigenvalue weighted by molar-refractivity contribution is 5.58. The van der Waals surface area contributed by atoms with E-state index >= 15 is 0 Å². The number of nitrogens with zero attached hydrogens (tertiary/aromatic N) is 2. The minimum Gasteiger partial charge on any atom is -0.497 e. The Morgan fingerprint density at radius 1 is 0.778 bits per heavy atom. The van der Waals surface area contributed by atoms with Crippen molar-refractivity contribution in [1.29, 1.82) is 0 Å². The smallest absolute Gasteiger partial charge is 0.416 e. The number of ether oxygens (including phenoxy) is 3. The van der Waals surface area contributed by atoms with E-state index in [-0.39, 0.29) is 6.10 Å². The third kappa shape index (κ3) is 6.43. The molecule has 0 amide bonds. The van der Waals surface area contributed by atoms with Gasteiger partial charge in [-0.05, 0) is 54.1 Å². The molecule has 1 unspecified atom stereocenters. The summed E-state index contributed by atoms with van der Waals surface area (Å²) in [4.78, 5) is 4.68. The molecule has 0 N–H and O–H groups in total. The number of methoxy groups -OCH3 is 2.